The summed E-state index contributed by atoms with van der Waals surface area (Å²) < 4.78 is 24.1. The van der Waals surface area contributed by atoms with Crippen molar-refractivity contribution in [3.63, 3.8) is 0 Å². The Balaban J connectivity index is 2.94. The first kappa shape index (κ1) is 23.1. The van der Waals surface area contributed by atoms with Crippen molar-refractivity contribution in [1.29, 1.82) is 0 Å². The Morgan fingerprint density at radius 2 is 1.81 bits per heavy atom. The predicted octanol–water partition coefficient (Wildman–Crippen LogP) is 4.69. The molecule has 2 N–H and O–H groups in total. The highest BCUT2D eigenvalue weighted by molar-refractivity contribution is 7.54. The Kier molecular flexibility index (Phi) is 9.27. The summed E-state index contributed by atoms with van der Waals surface area (Å²) in [7, 11) is -3.47. The third-order valence-electron chi connectivity index (χ3n) is 4.10. The van der Waals surface area contributed by atoms with Gasteiger partial charge in [0.25, 0.3) is 0 Å². The van der Waals surface area contributed by atoms with E-state index >= 15 is 0 Å². The summed E-state index contributed by atoms with van der Waals surface area (Å²) in [6.45, 7) is 9.85. The number of nitro groups is 1. The van der Waals surface area contributed by atoms with E-state index in [0.29, 0.717) is 0 Å². The molecule has 10 heteroatoms. The summed E-state index contributed by atoms with van der Waals surface area (Å²) in [5.74, 6) is 0.517. The molecule has 0 amide bonds. The molecule has 0 aliphatic rings. The molecule has 1 unspecified atom stereocenters. The van der Waals surface area contributed by atoms with Gasteiger partial charge in [-0.3, -0.25) is 19.2 Å². The van der Waals surface area contributed by atoms with Crippen molar-refractivity contribution in [2.45, 2.75) is 59.7 Å². The molecule has 1 aromatic rings. The van der Waals surface area contributed by atoms with E-state index < -0.39 is 12.6 Å². The lowest BCUT2D eigenvalue weighted by Gasteiger charge is -2.31. The molecule has 0 radical (unpaired) electrons. The van der Waals surface area contributed by atoms with Crippen LogP contribution in [0.1, 0.15) is 46.8 Å². The number of furan rings is 1. The summed E-state index contributed by atoms with van der Waals surface area (Å²) in [4.78, 5) is 10.1. The van der Waals surface area contributed by atoms with E-state index in [1.54, 1.807) is 0 Å². The molecule has 26 heavy (non-hydrogen) atoms. The molecule has 0 bridgehead atoms. The quantitative estimate of drug-likeness (QED) is 0.223. The zero-order chi connectivity index (χ0) is 19.9. The molecule has 0 saturated carbocycles. The lowest BCUT2D eigenvalue weighted by Crippen LogP contribution is -2.41. The number of nitrogens with one attached hydrogen (secondary N) is 2. The summed E-state index contributed by atoms with van der Waals surface area (Å²) in [5, 5.41) is 16.8. The lowest BCUT2D eigenvalue weighted by atomic mass is 10.0. The number of rotatable bonds is 12. The van der Waals surface area contributed by atoms with Gasteiger partial charge in [0.05, 0.1) is 6.07 Å². The molecule has 1 heterocycles. The number of hydrogen-bond donors (Lipinski definition) is 2. The van der Waals surface area contributed by atoms with E-state index in [9.17, 15) is 14.7 Å². The highest BCUT2D eigenvalue weighted by atomic mass is 35.5. The minimum absolute atomic E-state index is 0.0255. The lowest BCUT2D eigenvalue weighted by molar-refractivity contribution is -0.402. The highest BCUT2D eigenvalue weighted by Crippen LogP contribution is 2.42. The number of hydrogen-bond acceptors (Lipinski definition) is 5. The van der Waals surface area contributed by atoms with Crippen LogP contribution in [0, 0.1) is 22.0 Å². The van der Waals surface area contributed by atoms with Gasteiger partial charge >= 0.3 is 13.6 Å². The summed E-state index contributed by atoms with van der Waals surface area (Å²) in [5.41, 5.74) is 0. The van der Waals surface area contributed by atoms with E-state index in [1.807, 2.05) is 34.6 Å². The van der Waals surface area contributed by atoms with Gasteiger partial charge < -0.3 is 4.42 Å². The monoisotopic (exact) mass is 409 g/mol. The second kappa shape index (κ2) is 10.4. The summed E-state index contributed by atoms with van der Waals surface area (Å²) >= 11 is 6.00. The van der Waals surface area contributed by atoms with Crippen LogP contribution in [0.3, 0.4) is 0 Å². The normalized spacial score (nSPS) is 16.6. The Hall–Kier alpha value is -0.920. The summed E-state index contributed by atoms with van der Waals surface area (Å²) in [6.07, 6.45) is 0.770. The molecular formula is C16H29ClN3O5P. The van der Waals surface area contributed by atoms with Crippen molar-refractivity contribution in [2.24, 2.45) is 11.8 Å². The van der Waals surface area contributed by atoms with Crippen LogP contribution < -0.4 is 10.2 Å². The first-order valence-electron chi connectivity index (χ1n) is 8.71. The fourth-order valence-corrected chi connectivity index (χ4v) is 5.14. The largest absolute Gasteiger partial charge is 0.433 e. The molecule has 0 fully saturated rings. The second-order valence-electron chi connectivity index (χ2n) is 6.84. The summed E-state index contributed by atoms with van der Waals surface area (Å²) in [6, 6.07) is 2.43. The molecule has 0 saturated heterocycles. The van der Waals surface area contributed by atoms with Gasteiger partial charge in [-0.1, -0.05) is 34.6 Å². The van der Waals surface area contributed by atoms with E-state index in [1.165, 1.54) is 12.1 Å². The third kappa shape index (κ3) is 7.00. The SMILES string of the molecule is CC[C@H](NP(=O)(N[C@@H](CCl)C(C)C)OCc1ccc([N+](=O)[O-])o1)C(C)C. The number of alkyl halides is 1. The van der Waals surface area contributed by atoms with Crippen molar-refractivity contribution >= 4 is 25.2 Å². The van der Waals surface area contributed by atoms with Gasteiger partial charge in [0.1, 0.15) is 17.3 Å². The second-order valence-corrected chi connectivity index (χ2v) is 9.03. The maximum Gasteiger partial charge on any atom is 0.433 e. The minimum Gasteiger partial charge on any atom is -0.403 e. The van der Waals surface area contributed by atoms with Crippen LogP contribution in [0.5, 0.6) is 0 Å². The van der Waals surface area contributed by atoms with Crippen LogP contribution in [0.25, 0.3) is 0 Å². The molecule has 0 aliphatic heterocycles. The average molecular weight is 410 g/mol. The smallest absolute Gasteiger partial charge is 0.403 e. The Morgan fingerprint density at radius 3 is 2.23 bits per heavy atom. The molecular weight excluding hydrogens is 381 g/mol. The molecule has 8 nitrogen and oxygen atoms in total. The molecule has 0 spiro atoms. The number of halogens is 1. The van der Waals surface area contributed by atoms with Crippen molar-refractivity contribution in [2.75, 3.05) is 5.88 Å². The zero-order valence-corrected chi connectivity index (χ0v) is 17.5. The van der Waals surface area contributed by atoms with Crippen LogP contribution in [-0.2, 0) is 15.7 Å². The van der Waals surface area contributed by atoms with Crippen LogP contribution in [0.2, 0.25) is 0 Å². The van der Waals surface area contributed by atoms with Gasteiger partial charge in [0.2, 0.25) is 0 Å². The minimum atomic E-state index is -3.47. The fraction of sp³-hybridized carbons (Fsp3) is 0.750. The van der Waals surface area contributed by atoms with Crippen LogP contribution in [0.15, 0.2) is 16.5 Å². The fourth-order valence-electron chi connectivity index (χ4n) is 2.32. The van der Waals surface area contributed by atoms with E-state index in [4.69, 9.17) is 20.5 Å². The molecule has 3 atom stereocenters. The van der Waals surface area contributed by atoms with E-state index in [-0.39, 0.29) is 48.1 Å². The maximum absolute atomic E-state index is 13.4. The van der Waals surface area contributed by atoms with Crippen LogP contribution >= 0.6 is 19.3 Å². The molecule has 150 valence electrons. The van der Waals surface area contributed by atoms with Gasteiger partial charge in [0, 0.05) is 18.0 Å². The zero-order valence-electron chi connectivity index (χ0n) is 15.9. The third-order valence-corrected chi connectivity index (χ3v) is 6.27. The van der Waals surface area contributed by atoms with Crippen molar-refractivity contribution in [1.82, 2.24) is 10.2 Å². The van der Waals surface area contributed by atoms with Gasteiger partial charge in [-0.05, 0) is 24.3 Å². The van der Waals surface area contributed by atoms with Crippen LogP contribution in [-0.4, -0.2) is 22.9 Å². The molecule has 1 rings (SSSR count). The van der Waals surface area contributed by atoms with Crippen LogP contribution in [0.4, 0.5) is 5.88 Å². The average Bonchev–Trinajstić information content (AvgIpc) is 3.05. The van der Waals surface area contributed by atoms with Gasteiger partial charge in [0.15, 0.2) is 0 Å². The van der Waals surface area contributed by atoms with Gasteiger partial charge in [-0.25, -0.2) is 10.2 Å². The van der Waals surface area contributed by atoms with Gasteiger partial charge in [-0.2, -0.15) is 0 Å². The topological polar surface area (TPSA) is 107 Å². The Morgan fingerprint density at radius 1 is 1.23 bits per heavy atom. The van der Waals surface area contributed by atoms with Gasteiger partial charge in [-0.15, -0.1) is 11.6 Å². The first-order valence-corrected chi connectivity index (χ1v) is 10.9. The first-order chi connectivity index (χ1) is 12.1. The van der Waals surface area contributed by atoms with E-state index in [2.05, 4.69) is 10.2 Å². The Labute approximate surface area is 159 Å². The maximum atomic E-state index is 13.4. The predicted molar refractivity (Wildman–Crippen MR) is 102 cm³/mol. The molecule has 0 aromatic carbocycles. The Bertz CT molecular complexity index is 601. The van der Waals surface area contributed by atoms with Crippen molar-refractivity contribution < 1.29 is 18.4 Å². The van der Waals surface area contributed by atoms with Crippen molar-refractivity contribution in [3.8, 4) is 0 Å². The van der Waals surface area contributed by atoms with Crippen molar-refractivity contribution in [3.05, 3.63) is 28.0 Å². The molecule has 1 aromatic heterocycles. The number of nitrogens with zero attached hydrogens (tertiary/aromatic N) is 1. The molecule has 0 aliphatic carbocycles. The standard InChI is InChI=1S/C16H29ClN3O5P/c1-6-14(11(2)3)18-26(23,19-15(9-17)12(4)5)24-10-13-7-8-16(25-13)20(21)22/h7-8,11-12,14-15H,6,9-10H2,1-5H3,(H2,18,19,23)/t14-,15-,26?/m0/s1. The van der Waals surface area contributed by atoms with E-state index in [0.717, 1.165) is 6.42 Å². The highest BCUT2D eigenvalue weighted by Gasteiger charge is 2.32.